The lowest BCUT2D eigenvalue weighted by molar-refractivity contribution is 0.271. The fraction of sp³-hybridized carbons (Fsp3) is 0.647. The molecule has 0 radical (unpaired) electrons. The normalized spacial score (nSPS) is 26.2. The zero-order chi connectivity index (χ0) is 16.4. The number of fused-ring (bicyclic) bond motifs is 2. The molecule has 0 spiro atoms. The van der Waals surface area contributed by atoms with Gasteiger partial charge in [0.2, 0.25) is 10.0 Å². The van der Waals surface area contributed by atoms with Crippen LogP contribution in [-0.2, 0) is 10.0 Å². The summed E-state index contributed by atoms with van der Waals surface area (Å²) in [5.41, 5.74) is 0. The van der Waals surface area contributed by atoms with Crippen LogP contribution in [0, 0.1) is 5.92 Å². The summed E-state index contributed by atoms with van der Waals surface area (Å²) in [5.74, 6) is 1.15. The number of rotatable bonds is 6. The van der Waals surface area contributed by atoms with E-state index in [0.717, 1.165) is 25.7 Å². The second kappa shape index (κ2) is 8.04. The van der Waals surface area contributed by atoms with Gasteiger partial charge in [-0.3, -0.25) is 0 Å². The number of ether oxygens (including phenoxy) is 1. The average Bonchev–Trinajstić information content (AvgIpc) is 2.84. The standard InChI is InChI=1S/C17H26N2O3S.ClH/c1-12(2)11-22-16-5-7-17(8-6-16)23(20,21)19-15-9-13-3-4-14(10-15)18-13;/h5-8,12-15,18-19H,3-4,9-11H2,1-2H3;1H. The summed E-state index contributed by atoms with van der Waals surface area (Å²) >= 11 is 0. The Bertz CT molecular complexity index is 622. The van der Waals surface area contributed by atoms with Crippen molar-refractivity contribution in [2.24, 2.45) is 5.92 Å². The molecule has 7 heteroatoms. The van der Waals surface area contributed by atoms with Crippen LogP contribution < -0.4 is 14.8 Å². The fourth-order valence-electron chi connectivity index (χ4n) is 3.42. The van der Waals surface area contributed by atoms with E-state index < -0.39 is 10.0 Å². The highest BCUT2D eigenvalue weighted by atomic mass is 35.5. The molecule has 24 heavy (non-hydrogen) atoms. The topological polar surface area (TPSA) is 67.4 Å². The van der Waals surface area contributed by atoms with Crippen molar-refractivity contribution in [1.29, 1.82) is 0 Å². The van der Waals surface area contributed by atoms with Crippen molar-refractivity contribution >= 4 is 22.4 Å². The minimum absolute atomic E-state index is 0. The van der Waals surface area contributed by atoms with Gasteiger partial charge in [0.25, 0.3) is 0 Å². The number of hydrogen-bond donors (Lipinski definition) is 2. The molecule has 5 nitrogen and oxygen atoms in total. The smallest absolute Gasteiger partial charge is 0.240 e. The van der Waals surface area contributed by atoms with E-state index in [2.05, 4.69) is 23.9 Å². The quantitative estimate of drug-likeness (QED) is 0.803. The first kappa shape index (κ1) is 19.5. The van der Waals surface area contributed by atoms with Crippen LogP contribution in [0.2, 0.25) is 0 Å². The van der Waals surface area contributed by atoms with E-state index in [1.165, 1.54) is 0 Å². The Kier molecular flexibility index (Phi) is 6.53. The van der Waals surface area contributed by atoms with E-state index >= 15 is 0 Å². The van der Waals surface area contributed by atoms with E-state index in [-0.39, 0.29) is 18.4 Å². The lowest BCUT2D eigenvalue weighted by Crippen LogP contribution is -2.47. The van der Waals surface area contributed by atoms with Crippen LogP contribution in [0.3, 0.4) is 0 Å². The number of piperidine rings is 1. The summed E-state index contributed by atoms with van der Waals surface area (Å²) < 4.78 is 33.5. The third-order valence-electron chi connectivity index (χ3n) is 4.51. The molecule has 2 heterocycles. The third kappa shape index (κ3) is 4.85. The first-order valence-electron chi connectivity index (χ1n) is 8.43. The van der Waals surface area contributed by atoms with Crippen LogP contribution in [0.5, 0.6) is 5.75 Å². The Morgan fingerprint density at radius 1 is 1.17 bits per heavy atom. The molecule has 2 saturated heterocycles. The zero-order valence-electron chi connectivity index (χ0n) is 14.2. The van der Waals surface area contributed by atoms with Gasteiger partial charge in [0, 0.05) is 18.1 Å². The van der Waals surface area contributed by atoms with Gasteiger partial charge in [-0.15, -0.1) is 12.4 Å². The van der Waals surface area contributed by atoms with E-state index in [9.17, 15) is 8.42 Å². The SMILES string of the molecule is CC(C)COc1ccc(S(=O)(=O)NC2CC3CCC(C2)N3)cc1.Cl. The summed E-state index contributed by atoms with van der Waals surface area (Å²) in [7, 11) is -3.46. The van der Waals surface area contributed by atoms with Gasteiger partial charge in [-0.1, -0.05) is 13.8 Å². The summed E-state index contributed by atoms with van der Waals surface area (Å²) in [4.78, 5) is 0.306. The van der Waals surface area contributed by atoms with Crippen molar-refractivity contribution in [2.75, 3.05) is 6.61 Å². The molecule has 0 aliphatic carbocycles. The van der Waals surface area contributed by atoms with Crippen molar-refractivity contribution in [3.05, 3.63) is 24.3 Å². The maximum absolute atomic E-state index is 12.5. The first-order valence-corrected chi connectivity index (χ1v) is 9.92. The first-order chi connectivity index (χ1) is 10.9. The van der Waals surface area contributed by atoms with Crippen LogP contribution in [-0.4, -0.2) is 33.2 Å². The van der Waals surface area contributed by atoms with Crippen LogP contribution >= 0.6 is 12.4 Å². The van der Waals surface area contributed by atoms with Crippen LogP contribution in [0.4, 0.5) is 0 Å². The minimum atomic E-state index is -3.46. The molecule has 2 aliphatic rings. The van der Waals surface area contributed by atoms with Gasteiger partial charge < -0.3 is 10.1 Å². The molecular weight excluding hydrogens is 348 g/mol. The van der Waals surface area contributed by atoms with Gasteiger partial charge in [0.15, 0.2) is 0 Å². The van der Waals surface area contributed by atoms with E-state index in [4.69, 9.17) is 4.74 Å². The summed E-state index contributed by atoms with van der Waals surface area (Å²) in [6.45, 7) is 4.78. The van der Waals surface area contributed by atoms with Gasteiger partial charge >= 0.3 is 0 Å². The number of halogens is 1. The molecule has 2 atom stereocenters. The molecule has 0 saturated carbocycles. The highest BCUT2D eigenvalue weighted by molar-refractivity contribution is 7.89. The van der Waals surface area contributed by atoms with Gasteiger partial charge in [-0.25, -0.2) is 13.1 Å². The summed E-state index contributed by atoms with van der Waals surface area (Å²) in [5, 5.41) is 3.52. The molecular formula is C17H27ClN2O3S. The van der Waals surface area contributed by atoms with Gasteiger partial charge in [0.1, 0.15) is 5.75 Å². The van der Waals surface area contributed by atoms with Gasteiger partial charge in [0.05, 0.1) is 11.5 Å². The van der Waals surface area contributed by atoms with E-state index in [1.54, 1.807) is 24.3 Å². The van der Waals surface area contributed by atoms with Crippen LogP contribution in [0.1, 0.15) is 39.5 Å². The molecule has 2 fully saturated rings. The Morgan fingerprint density at radius 3 is 2.29 bits per heavy atom. The highest BCUT2D eigenvalue weighted by Crippen LogP contribution is 2.28. The highest BCUT2D eigenvalue weighted by Gasteiger charge is 2.35. The van der Waals surface area contributed by atoms with Crippen molar-refractivity contribution in [3.63, 3.8) is 0 Å². The number of hydrogen-bond acceptors (Lipinski definition) is 4. The van der Waals surface area contributed by atoms with Crippen LogP contribution in [0.15, 0.2) is 29.2 Å². The molecule has 2 bridgehead atoms. The van der Waals surface area contributed by atoms with E-state index in [0.29, 0.717) is 35.3 Å². The molecule has 2 N–H and O–H groups in total. The van der Waals surface area contributed by atoms with Crippen molar-refractivity contribution in [1.82, 2.24) is 10.0 Å². The molecule has 0 aromatic heterocycles. The minimum Gasteiger partial charge on any atom is -0.493 e. The molecule has 2 aliphatic heterocycles. The number of sulfonamides is 1. The zero-order valence-corrected chi connectivity index (χ0v) is 15.8. The van der Waals surface area contributed by atoms with Crippen molar-refractivity contribution in [2.45, 2.75) is 62.6 Å². The van der Waals surface area contributed by atoms with Crippen molar-refractivity contribution in [3.8, 4) is 5.75 Å². The van der Waals surface area contributed by atoms with E-state index in [1.807, 2.05) is 0 Å². The lowest BCUT2D eigenvalue weighted by atomic mass is 10.0. The largest absolute Gasteiger partial charge is 0.493 e. The molecule has 1 aromatic rings. The molecule has 3 rings (SSSR count). The van der Waals surface area contributed by atoms with Gasteiger partial charge in [-0.05, 0) is 55.9 Å². The van der Waals surface area contributed by atoms with Gasteiger partial charge in [-0.2, -0.15) is 0 Å². The second-order valence-corrected chi connectivity index (χ2v) is 8.82. The lowest BCUT2D eigenvalue weighted by Gasteiger charge is -2.29. The van der Waals surface area contributed by atoms with Crippen LogP contribution in [0.25, 0.3) is 0 Å². The fourth-order valence-corrected chi connectivity index (χ4v) is 4.68. The third-order valence-corrected chi connectivity index (χ3v) is 6.05. The Labute approximate surface area is 151 Å². The Balaban J connectivity index is 0.00000208. The molecule has 0 amide bonds. The molecule has 136 valence electrons. The maximum Gasteiger partial charge on any atom is 0.240 e. The Morgan fingerprint density at radius 2 is 1.75 bits per heavy atom. The average molecular weight is 375 g/mol. The predicted molar refractivity (Wildman–Crippen MR) is 97.3 cm³/mol. The Hall–Kier alpha value is -0.820. The molecule has 2 unspecified atom stereocenters. The predicted octanol–water partition coefficient (Wildman–Crippen LogP) is 2.70. The summed E-state index contributed by atoms with van der Waals surface area (Å²) in [6, 6.07) is 7.66. The summed E-state index contributed by atoms with van der Waals surface area (Å²) in [6.07, 6.45) is 4.08. The second-order valence-electron chi connectivity index (χ2n) is 7.10. The monoisotopic (exact) mass is 374 g/mol. The van der Waals surface area contributed by atoms with Crippen molar-refractivity contribution < 1.29 is 13.2 Å². The maximum atomic E-state index is 12.5. The number of nitrogens with one attached hydrogen (secondary N) is 2. The molecule has 1 aromatic carbocycles. The number of benzene rings is 1.